The summed E-state index contributed by atoms with van der Waals surface area (Å²) in [4.78, 5) is 27.9. The molecule has 0 aliphatic carbocycles. The van der Waals surface area contributed by atoms with Crippen LogP contribution in [0.5, 0.6) is 11.5 Å². The lowest BCUT2D eigenvalue weighted by atomic mass is 10.0. The lowest BCUT2D eigenvalue weighted by Gasteiger charge is -2.26. The molecular formula is C27H31NO5. The van der Waals surface area contributed by atoms with Crippen molar-refractivity contribution in [3.8, 4) is 11.5 Å². The van der Waals surface area contributed by atoms with Crippen LogP contribution in [0, 0.1) is 0 Å². The predicted molar refractivity (Wildman–Crippen MR) is 128 cm³/mol. The smallest absolute Gasteiger partial charge is 0.340 e. The third-order valence-corrected chi connectivity index (χ3v) is 5.54. The molecule has 0 radical (unpaired) electrons. The monoisotopic (exact) mass is 449 g/mol. The van der Waals surface area contributed by atoms with Crippen LogP contribution in [0.25, 0.3) is 6.08 Å². The van der Waals surface area contributed by atoms with Crippen LogP contribution in [-0.4, -0.2) is 37.1 Å². The van der Waals surface area contributed by atoms with Gasteiger partial charge in [-0.1, -0.05) is 43.3 Å². The molecule has 0 saturated heterocycles. The maximum atomic E-state index is 13.5. The van der Waals surface area contributed by atoms with E-state index in [1.165, 1.54) is 7.11 Å². The van der Waals surface area contributed by atoms with E-state index in [-0.39, 0.29) is 17.5 Å². The molecule has 174 valence electrons. The molecule has 1 atom stereocenters. The third kappa shape index (κ3) is 5.11. The van der Waals surface area contributed by atoms with Gasteiger partial charge in [0.2, 0.25) is 0 Å². The number of nitrogens with zero attached hydrogens (tertiary/aromatic N) is 1. The van der Waals surface area contributed by atoms with Gasteiger partial charge in [-0.25, -0.2) is 4.79 Å². The van der Waals surface area contributed by atoms with Crippen LogP contribution < -0.4 is 9.47 Å². The maximum Gasteiger partial charge on any atom is 0.340 e. The molecule has 2 aromatic rings. The molecule has 1 aliphatic heterocycles. The summed E-state index contributed by atoms with van der Waals surface area (Å²) >= 11 is 0. The second-order valence-electron chi connectivity index (χ2n) is 7.76. The molecular weight excluding hydrogens is 418 g/mol. The first kappa shape index (κ1) is 24.1. The molecule has 1 amide bonds. The lowest BCUT2D eigenvalue weighted by molar-refractivity contribution is -0.136. The van der Waals surface area contributed by atoms with Gasteiger partial charge in [0, 0.05) is 5.70 Å². The summed E-state index contributed by atoms with van der Waals surface area (Å²) in [6.45, 7) is 8.73. The standard InChI is InChI=1S/C27H31NO5/c1-6-15-33-23-14-13-20(17-24(23)32-7-2)16-22-25(27(30)31-5)19(4)28(26(22)29)18(3)21-11-9-8-10-12-21/h8-14,16-18H,6-7,15H2,1-5H3/b22-16-/t18-/m0/s1. The summed E-state index contributed by atoms with van der Waals surface area (Å²) in [6.07, 6.45) is 2.59. The zero-order valence-electron chi connectivity index (χ0n) is 19.9. The van der Waals surface area contributed by atoms with E-state index in [0.717, 1.165) is 17.5 Å². The Morgan fingerprint density at radius 1 is 1.06 bits per heavy atom. The second kappa shape index (κ2) is 10.9. The summed E-state index contributed by atoms with van der Waals surface area (Å²) in [5.74, 6) is 0.467. The van der Waals surface area contributed by atoms with Gasteiger partial charge in [0.1, 0.15) is 0 Å². The summed E-state index contributed by atoms with van der Waals surface area (Å²) in [6, 6.07) is 15.0. The summed E-state index contributed by atoms with van der Waals surface area (Å²) in [5.41, 5.74) is 2.85. The highest BCUT2D eigenvalue weighted by atomic mass is 16.5. The number of rotatable bonds is 9. The number of benzene rings is 2. The summed E-state index contributed by atoms with van der Waals surface area (Å²) in [7, 11) is 1.32. The molecule has 6 nitrogen and oxygen atoms in total. The quantitative estimate of drug-likeness (QED) is 0.384. The van der Waals surface area contributed by atoms with Crippen LogP contribution in [-0.2, 0) is 14.3 Å². The molecule has 2 aromatic carbocycles. The molecule has 1 heterocycles. The first-order chi connectivity index (χ1) is 15.9. The van der Waals surface area contributed by atoms with Crippen molar-refractivity contribution in [1.82, 2.24) is 4.90 Å². The molecule has 1 aliphatic rings. The Hall–Kier alpha value is -3.54. The molecule has 0 N–H and O–H groups in total. The topological polar surface area (TPSA) is 65.1 Å². The van der Waals surface area contributed by atoms with Crippen LogP contribution >= 0.6 is 0 Å². The Balaban J connectivity index is 2.04. The number of ether oxygens (including phenoxy) is 3. The van der Waals surface area contributed by atoms with Crippen molar-refractivity contribution in [2.45, 2.75) is 40.2 Å². The largest absolute Gasteiger partial charge is 0.490 e. The van der Waals surface area contributed by atoms with Crippen molar-refractivity contribution in [2.24, 2.45) is 0 Å². The van der Waals surface area contributed by atoms with E-state index >= 15 is 0 Å². The van der Waals surface area contributed by atoms with Crippen molar-refractivity contribution in [2.75, 3.05) is 20.3 Å². The van der Waals surface area contributed by atoms with E-state index in [2.05, 4.69) is 0 Å². The van der Waals surface area contributed by atoms with Crippen molar-refractivity contribution in [3.63, 3.8) is 0 Å². The molecule has 0 aromatic heterocycles. The summed E-state index contributed by atoms with van der Waals surface area (Å²) in [5, 5.41) is 0. The van der Waals surface area contributed by atoms with Crippen molar-refractivity contribution in [3.05, 3.63) is 76.5 Å². The van der Waals surface area contributed by atoms with E-state index in [0.29, 0.717) is 36.0 Å². The number of allylic oxidation sites excluding steroid dienone is 1. The zero-order valence-corrected chi connectivity index (χ0v) is 19.9. The Labute approximate surface area is 195 Å². The van der Waals surface area contributed by atoms with Crippen LogP contribution in [0.4, 0.5) is 0 Å². The third-order valence-electron chi connectivity index (χ3n) is 5.54. The number of hydrogen-bond acceptors (Lipinski definition) is 5. The van der Waals surface area contributed by atoms with Gasteiger partial charge in [-0.15, -0.1) is 0 Å². The van der Waals surface area contributed by atoms with E-state index in [4.69, 9.17) is 14.2 Å². The van der Waals surface area contributed by atoms with Crippen molar-refractivity contribution in [1.29, 1.82) is 0 Å². The molecule has 6 heteroatoms. The fourth-order valence-corrected chi connectivity index (χ4v) is 3.93. The lowest BCUT2D eigenvalue weighted by Crippen LogP contribution is -2.28. The fraction of sp³-hybridized carbons (Fsp3) is 0.333. The highest BCUT2D eigenvalue weighted by Gasteiger charge is 2.39. The molecule has 0 saturated carbocycles. The number of hydrogen-bond donors (Lipinski definition) is 0. The highest BCUT2D eigenvalue weighted by molar-refractivity contribution is 6.16. The first-order valence-corrected chi connectivity index (χ1v) is 11.2. The van der Waals surface area contributed by atoms with Crippen molar-refractivity contribution >= 4 is 18.0 Å². The molecule has 3 rings (SSSR count). The molecule has 33 heavy (non-hydrogen) atoms. The zero-order chi connectivity index (χ0) is 24.0. The van der Waals surface area contributed by atoms with Gasteiger partial charge in [0.15, 0.2) is 11.5 Å². The van der Waals surface area contributed by atoms with Gasteiger partial charge < -0.3 is 19.1 Å². The second-order valence-corrected chi connectivity index (χ2v) is 7.76. The van der Waals surface area contributed by atoms with E-state index in [1.807, 2.05) is 69.3 Å². The maximum absolute atomic E-state index is 13.5. The van der Waals surface area contributed by atoms with E-state index < -0.39 is 5.97 Å². The Bertz CT molecular complexity index is 1070. The highest BCUT2D eigenvalue weighted by Crippen LogP contribution is 2.38. The Kier molecular flexibility index (Phi) is 7.93. The number of esters is 1. The molecule has 0 spiro atoms. The Morgan fingerprint density at radius 2 is 1.79 bits per heavy atom. The molecule has 0 unspecified atom stereocenters. The van der Waals surface area contributed by atoms with Gasteiger partial charge in [-0.3, -0.25) is 4.79 Å². The average Bonchev–Trinajstić information content (AvgIpc) is 3.07. The number of carbonyl (C=O) groups excluding carboxylic acids is 2. The Morgan fingerprint density at radius 3 is 2.42 bits per heavy atom. The van der Waals surface area contributed by atoms with Crippen LogP contribution in [0.15, 0.2) is 65.4 Å². The SMILES string of the molecule is CCCOc1ccc(/C=C2\C(=O)N([C@@H](C)c3ccccc3)C(C)=C2C(=O)OC)cc1OCC. The van der Waals surface area contributed by atoms with Gasteiger partial charge in [-0.2, -0.15) is 0 Å². The minimum atomic E-state index is -0.539. The number of carbonyl (C=O) groups is 2. The molecule has 0 fully saturated rings. The summed E-state index contributed by atoms with van der Waals surface area (Å²) < 4.78 is 16.5. The average molecular weight is 450 g/mol. The van der Waals surface area contributed by atoms with Crippen molar-refractivity contribution < 1.29 is 23.8 Å². The van der Waals surface area contributed by atoms with Crippen LogP contribution in [0.2, 0.25) is 0 Å². The molecule has 0 bridgehead atoms. The van der Waals surface area contributed by atoms with Gasteiger partial charge in [0.05, 0.1) is 37.5 Å². The predicted octanol–water partition coefficient (Wildman–Crippen LogP) is 5.31. The van der Waals surface area contributed by atoms with Crippen LogP contribution in [0.3, 0.4) is 0 Å². The fourth-order valence-electron chi connectivity index (χ4n) is 3.93. The van der Waals surface area contributed by atoms with E-state index in [1.54, 1.807) is 17.9 Å². The van der Waals surface area contributed by atoms with Gasteiger partial charge in [0.25, 0.3) is 5.91 Å². The minimum absolute atomic E-state index is 0.242. The minimum Gasteiger partial charge on any atom is -0.490 e. The first-order valence-electron chi connectivity index (χ1n) is 11.2. The number of methoxy groups -OCH3 is 1. The van der Waals surface area contributed by atoms with E-state index in [9.17, 15) is 9.59 Å². The number of amides is 1. The van der Waals surface area contributed by atoms with Gasteiger partial charge in [-0.05, 0) is 56.5 Å². The van der Waals surface area contributed by atoms with Crippen LogP contribution in [0.1, 0.15) is 51.3 Å². The normalized spacial score (nSPS) is 15.7. The van der Waals surface area contributed by atoms with Gasteiger partial charge >= 0.3 is 5.97 Å².